The Kier molecular flexibility index (Phi) is 12.1. The smallest absolute Gasteiger partial charge is 0.310 e. The van der Waals surface area contributed by atoms with Gasteiger partial charge in [0.05, 0.1) is 59.9 Å². The Hall–Kier alpha value is -4.84. The van der Waals surface area contributed by atoms with Crippen LogP contribution in [0.2, 0.25) is 0 Å². The number of aryl methyl sites for hydroxylation is 2. The van der Waals surface area contributed by atoms with Gasteiger partial charge >= 0.3 is 23.9 Å². The highest BCUT2D eigenvalue weighted by atomic mass is 32.2. The molecule has 0 spiro atoms. The van der Waals surface area contributed by atoms with Gasteiger partial charge in [-0.05, 0) is 65.8 Å². The highest BCUT2D eigenvalue weighted by Gasteiger charge is 2.74. The second-order valence-electron chi connectivity index (χ2n) is 13.1. The molecule has 3 aliphatic carbocycles. The van der Waals surface area contributed by atoms with E-state index >= 15 is 0 Å². The lowest BCUT2D eigenvalue weighted by Crippen LogP contribution is -2.74. The molecule has 292 valence electrons. The normalized spacial score (nSPS) is 27.3. The summed E-state index contributed by atoms with van der Waals surface area (Å²) in [5.74, 6) is -13.3. The monoisotopic (exact) mass is 788 g/mol. The number of esters is 4. The van der Waals surface area contributed by atoms with Gasteiger partial charge < -0.3 is 18.9 Å². The van der Waals surface area contributed by atoms with Crippen molar-refractivity contribution in [3.8, 4) is 0 Å². The number of carbonyl (C=O) groups excluding carboxylic acids is 4. The zero-order chi connectivity index (χ0) is 39.5. The minimum atomic E-state index is -4.33. The predicted octanol–water partition coefficient (Wildman–Crippen LogP) is 2.50. The molecule has 0 unspecified atom stereocenters. The number of hydrazone groups is 2. The molecule has 18 heteroatoms. The zero-order valence-electron chi connectivity index (χ0n) is 30.7. The van der Waals surface area contributed by atoms with Crippen LogP contribution < -0.4 is 9.66 Å². The van der Waals surface area contributed by atoms with Gasteiger partial charge in [0, 0.05) is 35.1 Å². The van der Waals surface area contributed by atoms with E-state index in [2.05, 4.69) is 19.9 Å². The Labute approximate surface area is 314 Å². The van der Waals surface area contributed by atoms with Gasteiger partial charge in [-0.1, -0.05) is 35.4 Å². The first kappa shape index (κ1) is 40.3. The number of sulfonamides is 2. The van der Waals surface area contributed by atoms with E-state index in [4.69, 9.17) is 18.9 Å². The molecule has 0 heterocycles. The predicted molar refractivity (Wildman–Crippen MR) is 192 cm³/mol. The average Bonchev–Trinajstić information content (AvgIpc) is 3.09. The standard InChI is InChI=1S/C36H44N4O12S2/c1-7-49-33(41)27-23-24(28(27)34(42)50-8-2)32(38-40-54(47,48)22-17-13-20(6)14-18-22)26-25(29(35(43)51-9-3)30(26)36(44)52-10-4)31(23)37-39-53(45,46)21-15-11-19(5)12-16-21/h11-18,23-30,39-40H,7-10H2,1-6H3/t23-,24-,25-,26+,27+,28-,29-,30+/m0/s1. The minimum absolute atomic E-state index is 0.0433. The van der Waals surface area contributed by atoms with Crippen molar-refractivity contribution < 1.29 is 55.0 Å². The van der Waals surface area contributed by atoms with E-state index in [-0.39, 0.29) is 47.6 Å². The molecule has 3 saturated carbocycles. The SMILES string of the molecule is CCOC(=O)[C@@H]1[C@H](C(=O)OCC)[C@H]2C(=NNS(=O)(=O)c3ccc(C)cc3)[C@@H]3[C@H](C(=O)OCC)[C@H](C(=O)OCC)[C@@H]3C(=NNS(=O)(=O)c3ccc(C)cc3)[C@H]12. The summed E-state index contributed by atoms with van der Waals surface area (Å²) in [6, 6.07) is 11.9. The molecular weight excluding hydrogens is 745 g/mol. The summed E-state index contributed by atoms with van der Waals surface area (Å²) in [4.78, 5) is 58.9. The fraction of sp³-hybridized carbons (Fsp3) is 0.500. The number of benzene rings is 2. The molecule has 3 aliphatic rings. The summed E-state index contributed by atoms with van der Waals surface area (Å²) in [5.41, 5.74) is 1.52. The molecule has 0 aromatic heterocycles. The van der Waals surface area contributed by atoms with E-state index in [1.54, 1.807) is 65.8 Å². The maximum atomic E-state index is 13.7. The Morgan fingerprint density at radius 3 is 0.963 bits per heavy atom. The lowest BCUT2D eigenvalue weighted by Gasteiger charge is -2.62. The molecule has 0 amide bonds. The molecule has 0 saturated heterocycles. The highest BCUT2D eigenvalue weighted by molar-refractivity contribution is 7.89. The summed E-state index contributed by atoms with van der Waals surface area (Å²) < 4.78 is 75.6. The highest BCUT2D eigenvalue weighted by Crippen LogP contribution is 2.63. The van der Waals surface area contributed by atoms with Crippen molar-refractivity contribution in [3.63, 3.8) is 0 Å². The summed E-state index contributed by atoms with van der Waals surface area (Å²) in [6.45, 7) is 9.52. The Morgan fingerprint density at radius 2 is 0.741 bits per heavy atom. The van der Waals surface area contributed by atoms with Crippen LogP contribution in [0.3, 0.4) is 0 Å². The molecule has 2 N–H and O–H groups in total. The van der Waals surface area contributed by atoms with E-state index in [1.807, 2.05) is 0 Å². The molecule has 8 atom stereocenters. The van der Waals surface area contributed by atoms with Crippen LogP contribution in [-0.4, -0.2) is 78.6 Å². The second-order valence-corrected chi connectivity index (χ2v) is 16.4. The Bertz CT molecular complexity index is 1840. The van der Waals surface area contributed by atoms with Crippen molar-refractivity contribution >= 4 is 55.3 Å². The first-order valence-corrected chi connectivity index (χ1v) is 20.6. The van der Waals surface area contributed by atoms with Gasteiger partial charge in [0.15, 0.2) is 0 Å². The van der Waals surface area contributed by atoms with Crippen LogP contribution in [0.4, 0.5) is 0 Å². The summed E-state index contributed by atoms with van der Waals surface area (Å²) >= 11 is 0. The van der Waals surface area contributed by atoms with Crippen molar-refractivity contribution in [1.29, 1.82) is 0 Å². The van der Waals surface area contributed by atoms with Gasteiger partial charge in [-0.15, -0.1) is 0 Å². The molecule has 2 aromatic rings. The van der Waals surface area contributed by atoms with Gasteiger partial charge in [0.2, 0.25) is 0 Å². The molecule has 2 aromatic carbocycles. The first-order chi connectivity index (χ1) is 25.6. The number of hydrogen-bond donors (Lipinski definition) is 2. The topological polar surface area (TPSA) is 222 Å². The number of hydrogen-bond acceptors (Lipinski definition) is 14. The molecule has 0 bridgehead atoms. The number of nitrogens with one attached hydrogen (secondary N) is 2. The van der Waals surface area contributed by atoms with Crippen LogP contribution in [0, 0.1) is 61.2 Å². The van der Waals surface area contributed by atoms with Crippen molar-refractivity contribution in [2.45, 2.75) is 51.3 Å². The zero-order valence-corrected chi connectivity index (χ0v) is 32.3. The first-order valence-electron chi connectivity index (χ1n) is 17.6. The molecule has 0 aliphatic heterocycles. The van der Waals surface area contributed by atoms with Gasteiger partial charge in [-0.25, -0.2) is 9.66 Å². The Morgan fingerprint density at radius 1 is 0.500 bits per heavy atom. The number of fused-ring (bicyclic) bond motifs is 2. The molecule has 5 rings (SSSR count). The minimum Gasteiger partial charge on any atom is -0.466 e. The lowest BCUT2D eigenvalue weighted by atomic mass is 9.39. The Balaban J connectivity index is 1.74. The van der Waals surface area contributed by atoms with Crippen LogP contribution in [0.5, 0.6) is 0 Å². The van der Waals surface area contributed by atoms with E-state index in [9.17, 15) is 36.0 Å². The summed E-state index contributed by atoms with van der Waals surface area (Å²) in [6.07, 6.45) is 0. The van der Waals surface area contributed by atoms with E-state index in [0.717, 1.165) is 11.1 Å². The van der Waals surface area contributed by atoms with Crippen LogP contribution in [0.1, 0.15) is 38.8 Å². The van der Waals surface area contributed by atoms with Crippen molar-refractivity contribution in [2.24, 2.45) is 57.5 Å². The van der Waals surface area contributed by atoms with Crippen molar-refractivity contribution in [2.75, 3.05) is 26.4 Å². The second kappa shape index (κ2) is 16.3. The maximum Gasteiger partial charge on any atom is 0.310 e. The fourth-order valence-corrected chi connectivity index (χ4v) is 9.25. The third-order valence-electron chi connectivity index (χ3n) is 9.95. The third-order valence-corrected chi connectivity index (χ3v) is 12.4. The van der Waals surface area contributed by atoms with Crippen LogP contribution in [0.25, 0.3) is 0 Å². The quantitative estimate of drug-likeness (QED) is 0.160. The molecular formula is C36H44N4O12S2. The van der Waals surface area contributed by atoms with Crippen molar-refractivity contribution in [1.82, 2.24) is 9.66 Å². The van der Waals surface area contributed by atoms with Crippen molar-refractivity contribution in [3.05, 3.63) is 59.7 Å². The van der Waals surface area contributed by atoms with Crippen LogP contribution in [-0.2, 0) is 58.2 Å². The third kappa shape index (κ3) is 7.58. The molecule has 3 fully saturated rings. The van der Waals surface area contributed by atoms with Gasteiger partial charge in [-0.3, -0.25) is 19.2 Å². The summed E-state index contributed by atoms with van der Waals surface area (Å²) in [7, 11) is -8.67. The van der Waals surface area contributed by atoms with E-state index in [0.29, 0.717) is 0 Å². The maximum absolute atomic E-state index is 13.7. The number of carbonyl (C=O) groups is 4. The fourth-order valence-electron chi connectivity index (χ4n) is 7.60. The molecule has 16 nitrogen and oxygen atoms in total. The van der Waals surface area contributed by atoms with Gasteiger partial charge in [0.25, 0.3) is 20.0 Å². The number of rotatable bonds is 14. The average molecular weight is 789 g/mol. The van der Waals surface area contributed by atoms with E-state index < -0.39 is 91.3 Å². The molecule has 0 radical (unpaired) electrons. The van der Waals surface area contributed by atoms with Crippen LogP contribution >= 0.6 is 0 Å². The van der Waals surface area contributed by atoms with Gasteiger partial charge in [0.1, 0.15) is 0 Å². The lowest BCUT2D eigenvalue weighted by molar-refractivity contribution is -0.180. The van der Waals surface area contributed by atoms with Gasteiger partial charge in [-0.2, -0.15) is 27.0 Å². The number of ether oxygens (including phenoxy) is 4. The van der Waals surface area contributed by atoms with E-state index in [1.165, 1.54) is 24.3 Å². The largest absolute Gasteiger partial charge is 0.466 e. The number of nitrogens with zero attached hydrogens (tertiary/aromatic N) is 2. The summed E-state index contributed by atoms with van der Waals surface area (Å²) in [5, 5.41) is 8.70. The molecule has 54 heavy (non-hydrogen) atoms. The van der Waals surface area contributed by atoms with Crippen LogP contribution in [0.15, 0.2) is 68.5 Å².